The Morgan fingerprint density at radius 3 is 2.28 bits per heavy atom. The number of aromatic nitrogens is 3. The molecule has 4 nitrogen and oxygen atoms in total. The lowest BCUT2D eigenvalue weighted by atomic mass is 10.2. The van der Waals surface area contributed by atoms with Gasteiger partial charge in [0.15, 0.2) is 0 Å². The van der Waals surface area contributed by atoms with E-state index in [4.69, 9.17) is 4.42 Å². The first kappa shape index (κ1) is 10.6. The highest BCUT2D eigenvalue weighted by molar-refractivity contribution is 5.56. The molecule has 0 unspecified atom stereocenters. The standard InChI is InChI=1S/C13H8FN3O/c14-11-5-3-9(4-6-11)12-16-17-13(18-12)10-2-1-7-15-8-10/h1-8H. The second-order valence-corrected chi connectivity index (χ2v) is 3.66. The van der Waals surface area contributed by atoms with Crippen LogP contribution in [0.2, 0.25) is 0 Å². The molecule has 0 radical (unpaired) electrons. The van der Waals surface area contributed by atoms with E-state index >= 15 is 0 Å². The number of hydrogen-bond donors (Lipinski definition) is 0. The SMILES string of the molecule is Fc1ccc(-c2nnc(-c3cccnc3)o2)cc1. The minimum Gasteiger partial charge on any atom is -0.416 e. The number of rotatable bonds is 2. The van der Waals surface area contributed by atoms with Crippen LogP contribution in [0.15, 0.2) is 53.2 Å². The molecule has 3 aromatic rings. The van der Waals surface area contributed by atoms with E-state index in [2.05, 4.69) is 15.2 Å². The van der Waals surface area contributed by atoms with Crippen molar-refractivity contribution in [3.63, 3.8) is 0 Å². The van der Waals surface area contributed by atoms with E-state index in [1.54, 1.807) is 30.6 Å². The van der Waals surface area contributed by atoms with E-state index in [1.165, 1.54) is 12.1 Å². The molecule has 0 bridgehead atoms. The number of hydrogen-bond acceptors (Lipinski definition) is 4. The second-order valence-electron chi connectivity index (χ2n) is 3.66. The molecular weight excluding hydrogens is 233 g/mol. The first-order chi connectivity index (χ1) is 8.83. The maximum Gasteiger partial charge on any atom is 0.249 e. The predicted molar refractivity (Wildman–Crippen MR) is 62.9 cm³/mol. The van der Waals surface area contributed by atoms with E-state index in [1.807, 2.05) is 6.07 Å². The predicted octanol–water partition coefficient (Wildman–Crippen LogP) is 2.94. The number of pyridine rings is 1. The monoisotopic (exact) mass is 241 g/mol. The van der Waals surface area contributed by atoms with Gasteiger partial charge < -0.3 is 4.42 Å². The van der Waals surface area contributed by atoms with Gasteiger partial charge in [-0.15, -0.1) is 10.2 Å². The van der Waals surface area contributed by atoms with Crippen LogP contribution in [0.4, 0.5) is 4.39 Å². The lowest BCUT2D eigenvalue weighted by Gasteiger charge is -1.94. The Labute approximate surface area is 102 Å². The second kappa shape index (κ2) is 4.37. The zero-order valence-electron chi connectivity index (χ0n) is 9.25. The molecule has 2 heterocycles. The highest BCUT2D eigenvalue weighted by Gasteiger charge is 2.10. The average molecular weight is 241 g/mol. The quantitative estimate of drug-likeness (QED) is 0.692. The summed E-state index contributed by atoms with van der Waals surface area (Å²) in [6, 6.07) is 9.50. The molecule has 0 N–H and O–H groups in total. The number of halogens is 1. The van der Waals surface area contributed by atoms with Crippen LogP contribution < -0.4 is 0 Å². The van der Waals surface area contributed by atoms with Crippen LogP contribution >= 0.6 is 0 Å². The molecule has 0 aliphatic carbocycles. The molecule has 0 atom stereocenters. The average Bonchev–Trinajstić information content (AvgIpc) is 2.90. The largest absolute Gasteiger partial charge is 0.416 e. The highest BCUT2D eigenvalue weighted by Crippen LogP contribution is 2.23. The fraction of sp³-hybridized carbons (Fsp3) is 0. The summed E-state index contributed by atoms with van der Waals surface area (Å²) in [5.41, 5.74) is 1.43. The molecular formula is C13H8FN3O. The molecule has 88 valence electrons. The van der Waals surface area contributed by atoms with Gasteiger partial charge in [-0.3, -0.25) is 4.98 Å². The van der Waals surface area contributed by atoms with Crippen LogP contribution in [0.5, 0.6) is 0 Å². The molecule has 0 amide bonds. The molecule has 3 rings (SSSR count). The summed E-state index contributed by atoms with van der Waals surface area (Å²) >= 11 is 0. The zero-order valence-corrected chi connectivity index (χ0v) is 9.25. The van der Waals surface area contributed by atoms with E-state index < -0.39 is 0 Å². The van der Waals surface area contributed by atoms with Crippen LogP contribution in [0.1, 0.15) is 0 Å². The Morgan fingerprint density at radius 1 is 0.889 bits per heavy atom. The molecule has 0 saturated heterocycles. The van der Waals surface area contributed by atoms with Crippen molar-refractivity contribution >= 4 is 0 Å². The molecule has 18 heavy (non-hydrogen) atoms. The Balaban J connectivity index is 1.97. The smallest absolute Gasteiger partial charge is 0.249 e. The normalized spacial score (nSPS) is 10.5. The summed E-state index contributed by atoms with van der Waals surface area (Å²) in [6.45, 7) is 0. The third-order valence-corrected chi connectivity index (χ3v) is 2.42. The lowest BCUT2D eigenvalue weighted by molar-refractivity contribution is 0.583. The van der Waals surface area contributed by atoms with Crippen LogP contribution in [-0.2, 0) is 0 Å². The minimum absolute atomic E-state index is 0.300. The maximum atomic E-state index is 12.8. The van der Waals surface area contributed by atoms with Gasteiger partial charge in [-0.1, -0.05) is 0 Å². The molecule has 0 spiro atoms. The van der Waals surface area contributed by atoms with Crippen molar-refractivity contribution in [2.24, 2.45) is 0 Å². The van der Waals surface area contributed by atoms with Gasteiger partial charge in [0.25, 0.3) is 0 Å². The summed E-state index contributed by atoms with van der Waals surface area (Å²) in [7, 11) is 0. The van der Waals surface area contributed by atoms with Crippen LogP contribution in [-0.4, -0.2) is 15.2 Å². The summed E-state index contributed by atoms with van der Waals surface area (Å²) in [5, 5.41) is 7.86. The van der Waals surface area contributed by atoms with E-state index in [-0.39, 0.29) is 5.82 Å². The Kier molecular flexibility index (Phi) is 2.57. The van der Waals surface area contributed by atoms with Gasteiger partial charge in [0.05, 0.1) is 5.56 Å². The minimum atomic E-state index is -0.300. The van der Waals surface area contributed by atoms with Crippen molar-refractivity contribution < 1.29 is 8.81 Å². The summed E-state index contributed by atoms with van der Waals surface area (Å²) in [4.78, 5) is 3.98. The molecule has 1 aromatic carbocycles. The third-order valence-electron chi connectivity index (χ3n) is 2.42. The number of nitrogens with zero attached hydrogens (tertiary/aromatic N) is 3. The molecule has 0 saturated carbocycles. The van der Waals surface area contributed by atoms with Gasteiger partial charge in [0.1, 0.15) is 5.82 Å². The van der Waals surface area contributed by atoms with Gasteiger partial charge in [-0.25, -0.2) is 4.39 Å². The van der Waals surface area contributed by atoms with E-state index in [9.17, 15) is 4.39 Å². The summed E-state index contributed by atoms with van der Waals surface area (Å²) < 4.78 is 18.3. The Hall–Kier alpha value is -2.56. The van der Waals surface area contributed by atoms with Gasteiger partial charge in [-0.2, -0.15) is 0 Å². The Morgan fingerprint density at radius 2 is 1.61 bits per heavy atom. The van der Waals surface area contributed by atoms with E-state index in [0.717, 1.165) is 5.56 Å². The van der Waals surface area contributed by atoms with Gasteiger partial charge in [-0.05, 0) is 36.4 Å². The van der Waals surface area contributed by atoms with Crippen molar-refractivity contribution in [2.75, 3.05) is 0 Å². The van der Waals surface area contributed by atoms with Gasteiger partial charge in [0.2, 0.25) is 11.8 Å². The van der Waals surface area contributed by atoms with Gasteiger partial charge >= 0.3 is 0 Å². The molecule has 2 aromatic heterocycles. The van der Waals surface area contributed by atoms with Crippen molar-refractivity contribution in [3.8, 4) is 22.9 Å². The van der Waals surface area contributed by atoms with Crippen molar-refractivity contribution in [1.29, 1.82) is 0 Å². The molecule has 0 aliphatic heterocycles. The molecule has 0 fully saturated rings. The Bertz CT molecular complexity index is 650. The van der Waals surface area contributed by atoms with Gasteiger partial charge in [0, 0.05) is 18.0 Å². The van der Waals surface area contributed by atoms with Crippen LogP contribution in [0.25, 0.3) is 22.9 Å². The highest BCUT2D eigenvalue weighted by atomic mass is 19.1. The lowest BCUT2D eigenvalue weighted by Crippen LogP contribution is -1.78. The number of benzene rings is 1. The first-order valence-corrected chi connectivity index (χ1v) is 5.33. The zero-order chi connectivity index (χ0) is 12.4. The van der Waals surface area contributed by atoms with Crippen molar-refractivity contribution in [1.82, 2.24) is 15.2 Å². The van der Waals surface area contributed by atoms with Crippen LogP contribution in [0, 0.1) is 5.82 Å². The van der Waals surface area contributed by atoms with Crippen LogP contribution in [0.3, 0.4) is 0 Å². The van der Waals surface area contributed by atoms with Crippen molar-refractivity contribution in [2.45, 2.75) is 0 Å². The summed E-state index contributed by atoms with van der Waals surface area (Å²) in [6.07, 6.45) is 3.31. The molecule has 5 heteroatoms. The molecule has 0 aliphatic rings. The summed E-state index contributed by atoms with van der Waals surface area (Å²) in [5.74, 6) is 0.446. The van der Waals surface area contributed by atoms with E-state index in [0.29, 0.717) is 17.3 Å². The first-order valence-electron chi connectivity index (χ1n) is 5.33. The van der Waals surface area contributed by atoms with Crippen molar-refractivity contribution in [3.05, 3.63) is 54.6 Å². The third kappa shape index (κ3) is 1.98. The maximum absolute atomic E-state index is 12.8. The fourth-order valence-corrected chi connectivity index (χ4v) is 1.54. The topological polar surface area (TPSA) is 51.8 Å². The fourth-order valence-electron chi connectivity index (χ4n) is 1.54.